The van der Waals surface area contributed by atoms with Crippen LogP contribution in [0.25, 0.3) is 0 Å². The molecule has 1 aliphatic rings. The summed E-state index contributed by atoms with van der Waals surface area (Å²) in [6.45, 7) is 15.0. The Labute approximate surface area is 272 Å². The first-order valence-electron chi connectivity index (χ1n) is 16.6. The number of hydrogen-bond acceptors (Lipinski definition) is 9. The second-order valence-electron chi connectivity index (χ2n) is 13.9. The number of ether oxygens (including phenoxy) is 2. The number of hydrogen-bond donors (Lipinski definition) is 7. The van der Waals surface area contributed by atoms with E-state index < -0.39 is 60.7 Å². The highest BCUT2D eigenvalue weighted by Gasteiger charge is 2.47. The van der Waals surface area contributed by atoms with Crippen LogP contribution in [0.4, 0.5) is 0 Å². The summed E-state index contributed by atoms with van der Waals surface area (Å²) in [6.07, 6.45) is 4.83. The van der Waals surface area contributed by atoms with Crippen molar-refractivity contribution in [3.8, 4) is 0 Å². The van der Waals surface area contributed by atoms with E-state index in [0.29, 0.717) is 25.7 Å². The number of aliphatic hydroxyl groups excluding tert-OH is 5. The molecule has 1 fully saturated rings. The molecule has 1 heterocycles. The van der Waals surface area contributed by atoms with Crippen molar-refractivity contribution < 1.29 is 45.2 Å². The van der Waals surface area contributed by atoms with E-state index in [1.165, 1.54) is 22.3 Å². The van der Waals surface area contributed by atoms with Crippen molar-refractivity contribution >= 4 is 0 Å². The van der Waals surface area contributed by atoms with Crippen LogP contribution in [0.1, 0.15) is 120 Å². The molecule has 45 heavy (non-hydrogen) atoms. The molecule has 0 saturated carbocycles. The van der Waals surface area contributed by atoms with Crippen molar-refractivity contribution in [1.82, 2.24) is 0 Å². The molecule has 9 nitrogen and oxygen atoms in total. The number of rotatable bonds is 20. The third kappa shape index (κ3) is 15.4. The minimum atomic E-state index is -1.63. The van der Waals surface area contributed by atoms with Gasteiger partial charge in [-0.3, -0.25) is 0 Å². The zero-order valence-corrected chi connectivity index (χ0v) is 29.1. The first-order valence-corrected chi connectivity index (χ1v) is 16.6. The molecular formula is C36H64O9. The van der Waals surface area contributed by atoms with E-state index in [0.717, 1.165) is 25.7 Å². The Bertz CT molecular complexity index is 971. The zero-order chi connectivity index (χ0) is 34.4. The van der Waals surface area contributed by atoms with Gasteiger partial charge in [0.1, 0.15) is 24.4 Å². The van der Waals surface area contributed by atoms with Gasteiger partial charge in [0.05, 0.1) is 30.0 Å². The minimum absolute atomic E-state index is 0.0894. The molecule has 7 N–H and O–H groups in total. The van der Waals surface area contributed by atoms with Gasteiger partial charge in [0.25, 0.3) is 0 Å². The van der Waals surface area contributed by atoms with E-state index in [4.69, 9.17) is 9.47 Å². The minimum Gasteiger partial charge on any atom is -0.394 e. The van der Waals surface area contributed by atoms with Crippen molar-refractivity contribution in [2.45, 2.75) is 174 Å². The van der Waals surface area contributed by atoms with Gasteiger partial charge in [-0.15, -0.1) is 0 Å². The molecule has 0 radical (unpaired) electrons. The molecule has 0 aromatic rings. The lowest BCUT2D eigenvalue weighted by atomic mass is 9.85. The normalized spacial score (nSPS) is 26.9. The predicted molar refractivity (Wildman–Crippen MR) is 178 cm³/mol. The van der Waals surface area contributed by atoms with Crippen LogP contribution in [0.3, 0.4) is 0 Å². The third-order valence-corrected chi connectivity index (χ3v) is 8.73. The SMILES string of the molecule is CC(C)=CCCC(C)=CCCC(C)(O)C(O)CCC(OC1OC(CO)C(O)C(O)C1O)C(C)(O)CCC=C(C)CCC=C(C)C. The second-order valence-corrected chi connectivity index (χ2v) is 13.9. The molecule has 9 atom stereocenters. The standard InChI is InChI=1S/C36H64O9/c1-24(2)13-9-15-26(5)17-11-21-35(7,42)29(38)19-20-30(45-34-33(41)32(40)31(39)28(23-37)44-34)36(8,43)22-12-18-27(6)16-10-14-25(3)4/h13-14,17-18,28-34,37-43H,9-12,15-16,19-23H2,1-8H3. The Morgan fingerprint density at radius 2 is 1.20 bits per heavy atom. The van der Waals surface area contributed by atoms with Crippen molar-refractivity contribution in [1.29, 1.82) is 0 Å². The lowest BCUT2D eigenvalue weighted by Crippen LogP contribution is -2.60. The van der Waals surface area contributed by atoms with Crippen LogP contribution in [0.2, 0.25) is 0 Å². The van der Waals surface area contributed by atoms with Crippen molar-refractivity contribution in [3.63, 3.8) is 0 Å². The number of aliphatic hydroxyl groups is 7. The number of allylic oxidation sites excluding steroid dienone is 8. The van der Waals surface area contributed by atoms with E-state index >= 15 is 0 Å². The average molecular weight is 641 g/mol. The van der Waals surface area contributed by atoms with E-state index in [1.807, 2.05) is 6.92 Å². The van der Waals surface area contributed by atoms with E-state index in [-0.39, 0.29) is 12.8 Å². The van der Waals surface area contributed by atoms with Gasteiger partial charge in [0.15, 0.2) is 6.29 Å². The molecule has 0 aliphatic carbocycles. The molecule has 0 spiro atoms. The van der Waals surface area contributed by atoms with Gasteiger partial charge >= 0.3 is 0 Å². The molecule has 1 rings (SSSR count). The van der Waals surface area contributed by atoms with Gasteiger partial charge in [0.2, 0.25) is 0 Å². The monoisotopic (exact) mass is 640 g/mol. The Hall–Kier alpha value is -1.40. The van der Waals surface area contributed by atoms with Crippen LogP contribution >= 0.6 is 0 Å². The van der Waals surface area contributed by atoms with Gasteiger partial charge in [-0.1, -0.05) is 46.6 Å². The van der Waals surface area contributed by atoms with Gasteiger partial charge in [-0.2, -0.15) is 0 Å². The molecule has 262 valence electrons. The first kappa shape index (κ1) is 41.6. The maximum Gasteiger partial charge on any atom is 0.187 e. The largest absolute Gasteiger partial charge is 0.394 e. The summed E-state index contributed by atoms with van der Waals surface area (Å²) in [5.74, 6) is 0. The zero-order valence-electron chi connectivity index (χ0n) is 29.1. The van der Waals surface area contributed by atoms with Crippen molar-refractivity contribution in [3.05, 3.63) is 46.6 Å². The first-order chi connectivity index (χ1) is 20.9. The molecule has 0 amide bonds. The van der Waals surface area contributed by atoms with Gasteiger partial charge < -0.3 is 45.2 Å². The molecule has 9 unspecified atom stereocenters. The summed E-state index contributed by atoms with van der Waals surface area (Å²) in [5.41, 5.74) is 2.14. The third-order valence-electron chi connectivity index (χ3n) is 8.73. The smallest absolute Gasteiger partial charge is 0.187 e. The Morgan fingerprint density at radius 3 is 1.67 bits per heavy atom. The van der Waals surface area contributed by atoms with Crippen molar-refractivity contribution in [2.75, 3.05) is 6.61 Å². The lowest BCUT2D eigenvalue weighted by Gasteiger charge is -2.43. The molecule has 0 aromatic carbocycles. The quantitative estimate of drug-likeness (QED) is 0.0931. The fourth-order valence-corrected chi connectivity index (χ4v) is 5.42. The molecule has 1 aliphatic heterocycles. The summed E-state index contributed by atoms with van der Waals surface area (Å²) >= 11 is 0. The maximum absolute atomic E-state index is 11.6. The Balaban J connectivity index is 2.99. The van der Waals surface area contributed by atoms with E-state index in [9.17, 15) is 35.7 Å². The van der Waals surface area contributed by atoms with Crippen LogP contribution in [0.15, 0.2) is 46.6 Å². The molecule has 9 heteroatoms. The fraction of sp³-hybridized carbons (Fsp3) is 0.778. The highest BCUT2D eigenvalue weighted by atomic mass is 16.7. The predicted octanol–water partition coefficient (Wildman–Crippen LogP) is 4.76. The molecular weight excluding hydrogens is 576 g/mol. The summed E-state index contributed by atoms with van der Waals surface area (Å²) in [4.78, 5) is 0. The second kappa shape index (κ2) is 20.1. The topological polar surface area (TPSA) is 160 Å². The van der Waals surface area contributed by atoms with Gasteiger partial charge in [-0.05, 0) is 120 Å². The Kier molecular flexibility index (Phi) is 18.6. The summed E-state index contributed by atoms with van der Waals surface area (Å²) in [7, 11) is 0. The lowest BCUT2D eigenvalue weighted by molar-refractivity contribution is -0.324. The van der Waals surface area contributed by atoms with Crippen LogP contribution in [0, 0.1) is 0 Å². The summed E-state index contributed by atoms with van der Waals surface area (Å²) < 4.78 is 11.6. The average Bonchev–Trinajstić information content (AvgIpc) is 2.94. The van der Waals surface area contributed by atoms with E-state index in [2.05, 4.69) is 58.9 Å². The summed E-state index contributed by atoms with van der Waals surface area (Å²) in [6, 6.07) is 0. The molecule has 0 aromatic heterocycles. The van der Waals surface area contributed by atoms with E-state index in [1.54, 1.807) is 13.8 Å². The Morgan fingerprint density at radius 1 is 0.711 bits per heavy atom. The van der Waals surface area contributed by atoms with Crippen LogP contribution in [0.5, 0.6) is 0 Å². The van der Waals surface area contributed by atoms with Gasteiger partial charge in [-0.25, -0.2) is 0 Å². The molecule has 1 saturated heterocycles. The molecule has 0 bridgehead atoms. The highest BCUT2D eigenvalue weighted by molar-refractivity contribution is 5.04. The van der Waals surface area contributed by atoms with Crippen LogP contribution in [-0.4, -0.2) is 96.5 Å². The van der Waals surface area contributed by atoms with Gasteiger partial charge in [0, 0.05) is 0 Å². The maximum atomic E-state index is 11.6. The highest BCUT2D eigenvalue weighted by Crippen LogP contribution is 2.32. The fourth-order valence-electron chi connectivity index (χ4n) is 5.42. The summed E-state index contributed by atoms with van der Waals surface area (Å²) in [5, 5.41) is 74.4. The van der Waals surface area contributed by atoms with Crippen LogP contribution in [-0.2, 0) is 9.47 Å². The van der Waals surface area contributed by atoms with Crippen molar-refractivity contribution in [2.24, 2.45) is 0 Å². The van der Waals surface area contributed by atoms with Crippen LogP contribution < -0.4 is 0 Å².